The summed E-state index contributed by atoms with van der Waals surface area (Å²) in [5.74, 6) is 6.20. The first-order valence-corrected chi connectivity index (χ1v) is 8.24. The second kappa shape index (κ2) is 8.17. The van der Waals surface area contributed by atoms with Crippen LogP contribution in [0.1, 0.15) is 25.0 Å². The van der Waals surface area contributed by atoms with Gasteiger partial charge in [0.1, 0.15) is 0 Å². The average Bonchev–Trinajstić information content (AvgIpc) is 2.60. The van der Waals surface area contributed by atoms with Gasteiger partial charge in [-0.05, 0) is 25.2 Å². The van der Waals surface area contributed by atoms with Gasteiger partial charge in [-0.2, -0.15) is 0 Å². The second-order valence-corrected chi connectivity index (χ2v) is 5.78. The van der Waals surface area contributed by atoms with Crippen LogP contribution in [0.5, 0.6) is 0 Å². The molecular formula is C20H22ClNO. The molecule has 0 saturated heterocycles. The van der Waals surface area contributed by atoms with E-state index in [0.717, 1.165) is 24.2 Å². The predicted molar refractivity (Wildman–Crippen MR) is 96.5 cm³/mol. The number of halogens is 1. The Kier molecular flexibility index (Phi) is 6.24. The van der Waals surface area contributed by atoms with Crippen LogP contribution in [0.4, 0.5) is 0 Å². The molecule has 0 heterocycles. The molecule has 3 heteroatoms. The standard InChI is InChI=1S/C20H22ClNO/c1-3-22(4-2)16-8-15-20(23,17-9-6-5-7-10-17)18-11-13-19(21)14-12-18/h5-7,9-14,23H,3-4,16H2,1-2H3. The minimum Gasteiger partial charge on any atom is -0.369 e. The highest BCUT2D eigenvalue weighted by Crippen LogP contribution is 2.29. The fraction of sp³-hybridized carbons (Fsp3) is 0.300. The molecule has 2 rings (SSSR count). The first-order valence-electron chi connectivity index (χ1n) is 7.86. The van der Waals surface area contributed by atoms with Gasteiger partial charge in [-0.15, -0.1) is 0 Å². The van der Waals surface area contributed by atoms with E-state index in [2.05, 4.69) is 30.6 Å². The maximum absolute atomic E-state index is 11.3. The van der Waals surface area contributed by atoms with Crippen molar-refractivity contribution < 1.29 is 5.11 Å². The molecule has 0 fully saturated rings. The van der Waals surface area contributed by atoms with Crippen molar-refractivity contribution in [3.05, 3.63) is 70.7 Å². The van der Waals surface area contributed by atoms with Gasteiger partial charge in [0.15, 0.2) is 5.60 Å². The summed E-state index contributed by atoms with van der Waals surface area (Å²) >= 11 is 5.97. The Hall–Kier alpha value is -1.79. The van der Waals surface area contributed by atoms with Gasteiger partial charge in [-0.25, -0.2) is 0 Å². The number of hydrogen-bond donors (Lipinski definition) is 1. The molecule has 0 aromatic heterocycles. The summed E-state index contributed by atoms with van der Waals surface area (Å²) in [4.78, 5) is 2.21. The third-order valence-electron chi connectivity index (χ3n) is 3.92. The third-order valence-corrected chi connectivity index (χ3v) is 4.17. The Morgan fingerprint density at radius 3 is 2.09 bits per heavy atom. The van der Waals surface area contributed by atoms with Crippen LogP contribution in [0, 0.1) is 11.8 Å². The van der Waals surface area contributed by atoms with Crippen LogP contribution in [-0.2, 0) is 5.60 Å². The molecule has 0 radical (unpaired) electrons. The predicted octanol–water partition coefficient (Wildman–Crippen LogP) is 3.92. The summed E-state index contributed by atoms with van der Waals surface area (Å²) in [6, 6.07) is 16.7. The minimum absolute atomic E-state index is 0.635. The monoisotopic (exact) mass is 327 g/mol. The molecule has 0 amide bonds. The highest BCUT2D eigenvalue weighted by molar-refractivity contribution is 6.30. The zero-order chi connectivity index (χ0) is 16.7. The van der Waals surface area contributed by atoms with Crippen LogP contribution in [0.3, 0.4) is 0 Å². The van der Waals surface area contributed by atoms with Crippen molar-refractivity contribution >= 4 is 11.6 Å². The molecular weight excluding hydrogens is 306 g/mol. The molecule has 23 heavy (non-hydrogen) atoms. The molecule has 0 spiro atoms. The van der Waals surface area contributed by atoms with Gasteiger partial charge in [0, 0.05) is 16.1 Å². The van der Waals surface area contributed by atoms with Crippen LogP contribution in [0.2, 0.25) is 5.02 Å². The molecule has 0 aliphatic rings. The number of nitrogens with zero attached hydrogens (tertiary/aromatic N) is 1. The van der Waals surface area contributed by atoms with Crippen molar-refractivity contribution in [2.75, 3.05) is 19.6 Å². The molecule has 0 bridgehead atoms. The summed E-state index contributed by atoms with van der Waals surface area (Å²) in [5.41, 5.74) is 0.147. The zero-order valence-electron chi connectivity index (χ0n) is 13.6. The summed E-state index contributed by atoms with van der Waals surface area (Å²) < 4.78 is 0. The highest BCUT2D eigenvalue weighted by Gasteiger charge is 2.29. The smallest absolute Gasteiger partial charge is 0.176 e. The van der Waals surface area contributed by atoms with Crippen LogP contribution in [-0.4, -0.2) is 29.6 Å². The molecule has 2 nitrogen and oxygen atoms in total. The SMILES string of the molecule is CCN(CC)CC#CC(O)(c1ccccc1)c1ccc(Cl)cc1. The Labute approximate surface area is 143 Å². The Morgan fingerprint density at radius 2 is 1.52 bits per heavy atom. The largest absolute Gasteiger partial charge is 0.369 e. The second-order valence-electron chi connectivity index (χ2n) is 5.35. The lowest BCUT2D eigenvalue weighted by Crippen LogP contribution is -2.27. The Bertz CT molecular complexity index is 668. The quantitative estimate of drug-likeness (QED) is 0.841. The van der Waals surface area contributed by atoms with E-state index in [1.54, 1.807) is 12.1 Å². The van der Waals surface area contributed by atoms with Crippen LogP contribution < -0.4 is 0 Å². The highest BCUT2D eigenvalue weighted by atomic mass is 35.5. The van der Waals surface area contributed by atoms with Crippen molar-refractivity contribution in [2.24, 2.45) is 0 Å². The van der Waals surface area contributed by atoms with E-state index >= 15 is 0 Å². The van der Waals surface area contributed by atoms with Crippen molar-refractivity contribution in [1.29, 1.82) is 0 Å². The van der Waals surface area contributed by atoms with Crippen molar-refractivity contribution in [1.82, 2.24) is 4.90 Å². The lowest BCUT2D eigenvalue weighted by molar-refractivity contribution is 0.145. The molecule has 1 unspecified atom stereocenters. The van der Waals surface area contributed by atoms with Gasteiger partial charge in [0.25, 0.3) is 0 Å². The molecule has 1 atom stereocenters. The van der Waals surface area contributed by atoms with Crippen LogP contribution in [0.25, 0.3) is 0 Å². The molecule has 0 saturated carbocycles. The topological polar surface area (TPSA) is 23.5 Å². The molecule has 2 aromatic carbocycles. The fourth-order valence-corrected chi connectivity index (χ4v) is 2.53. The molecule has 1 N–H and O–H groups in total. The normalized spacial score (nSPS) is 13.3. The van der Waals surface area contributed by atoms with Gasteiger partial charge >= 0.3 is 0 Å². The molecule has 0 aliphatic carbocycles. The maximum Gasteiger partial charge on any atom is 0.176 e. The number of aliphatic hydroxyl groups is 1. The number of rotatable bonds is 5. The molecule has 2 aromatic rings. The third kappa shape index (κ3) is 4.36. The summed E-state index contributed by atoms with van der Waals surface area (Å²) in [5, 5.41) is 11.9. The maximum atomic E-state index is 11.3. The van der Waals surface area contributed by atoms with E-state index < -0.39 is 5.60 Å². The van der Waals surface area contributed by atoms with Gasteiger partial charge in [0.2, 0.25) is 0 Å². The van der Waals surface area contributed by atoms with Crippen molar-refractivity contribution in [3.8, 4) is 11.8 Å². The van der Waals surface area contributed by atoms with Crippen molar-refractivity contribution in [3.63, 3.8) is 0 Å². The summed E-state index contributed by atoms with van der Waals surface area (Å²) in [7, 11) is 0. The molecule has 0 aliphatic heterocycles. The first-order chi connectivity index (χ1) is 11.1. The summed E-state index contributed by atoms with van der Waals surface area (Å²) in [6.07, 6.45) is 0. The average molecular weight is 328 g/mol. The van der Waals surface area contributed by atoms with Gasteiger partial charge in [0.05, 0.1) is 6.54 Å². The molecule has 120 valence electrons. The van der Waals surface area contributed by atoms with E-state index in [0.29, 0.717) is 11.6 Å². The minimum atomic E-state index is -1.33. The van der Waals surface area contributed by atoms with E-state index in [1.807, 2.05) is 42.5 Å². The fourth-order valence-electron chi connectivity index (χ4n) is 2.41. The number of benzene rings is 2. The Morgan fingerprint density at radius 1 is 0.957 bits per heavy atom. The zero-order valence-corrected chi connectivity index (χ0v) is 14.3. The van der Waals surface area contributed by atoms with Gasteiger partial charge < -0.3 is 5.11 Å². The van der Waals surface area contributed by atoms with E-state index in [9.17, 15) is 5.11 Å². The van der Waals surface area contributed by atoms with Crippen LogP contribution >= 0.6 is 11.6 Å². The lowest BCUT2D eigenvalue weighted by Gasteiger charge is -2.24. The Balaban J connectivity index is 2.40. The van der Waals surface area contributed by atoms with Crippen molar-refractivity contribution in [2.45, 2.75) is 19.4 Å². The van der Waals surface area contributed by atoms with E-state index in [4.69, 9.17) is 11.6 Å². The van der Waals surface area contributed by atoms with Gasteiger partial charge in [-0.3, -0.25) is 4.90 Å². The van der Waals surface area contributed by atoms with Crippen LogP contribution in [0.15, 0.2) is 54.6 Å². The first kappa shape index (κ1) is 17.6. The van der Waals surface area contributed by atoms with E-state index in [-0.39, 0.29) is 0 Å². The van der Waals surface area contributed by atoms with E-state index in [1.165, 1.54) is 0 Å². The van der Waals surface area contributed by atoms with Gasteiger partial charge in [-0.1, -0.05) is 79.8 Å². The number of hydrogen-bond acceptors (Lipinski definition) is 2. The summed E-state index contributed by atoms with van der Waals surface area (Å²) in [6.45, 7) is 6.73. The lowest BCUT2D eigenvalue weighted by atomic mass is 9.87.